The van der Waals surface area contributed by atoms with Crippen LogP contribution in [0.25, 0.3) is 0 Å². The Balaban J connectivity index is 2.81. The zero-order valence-corrected chi connectivity index (χ0v) is 11.1. The summed E-state index contributed by atoms with van der Waals surface area (Å²) in [7, 11) is 2.05. The maximum atomic E-state index is 9.32. The molecular formula is C14H24N2O. The highest BCUT2D eigenvalue weighted by molar-refractivity contribution is 5.54. The van der Waals surface area contributed by atoms with E-state index in [1.54, 1.807) is 0 Å². The molecule has 0 aliphatic heterocycles. The van der Waals surface area contributed by atoms with Crippen LogP contribution in [0.3, 0.4) is 0 Å². The van der Waals surface area contributed by atoms with Gasteiger partial charge in [0.05, 0.1) is 6.10 Å². The second kappa shape index (κ2) is 6.62. The molecule has 0 spiro atoms. The third-order valence-corrected chi connectivity index (χ3v) is 3.07. The van der Waals surface area contributed by atoms with Gasteiger partial charge in [0.25, 0.3) is 0 Å². The van der Waals surface area contributed by atoms with Gasteiger partial charge in [-0.3, -0.25) is 0 Å². The third-order valence-electron chi connectivity index (χ3n) is 3.07. The van der Waals surface area contributed by atoms with E-state index >= 15 is 0 Å². The molecular weight excluding hydrogens is 212 g/mol. The summed E-state index contributed by atoms with van der Waals surface area (Å²) in [5, 5.41) is 9.32. The van der Waals surface area contributed by atoms with Crippen LogP contribution >= 0.6 is 0 Å². The molecule has 1 rings (SSSR count). The second-order valence-electron chi connectivity index (χ2n) is 4.63. The van der Waals surface area contributed by atoms with Crippen molar-refractivity contribution in [3.8, 4) is 0 Å². The number of hydrogen-bond donors (Lipinski definition) is 2. The lowest BCUT2D eigenvalue weighted by Gasteiger charge is -2.25. The molecule has 0 bridgehead atoms. The number of anilines is 1. The number of aliphatic hydroxyl groups excluding tert-OH is 1. The van der Waals surface area contributed by atoms with E-state index in [9.17, 15) is 5.11 Å². The predicted molar refractivity (Wildman–Crippen MR) is 73.2 cm³/mol. The molecule has 17 heavy (non-hydrogen) atoms. The molecule has 1 aromatic rings. The summed E-state index contributed by atoms with van der Waals surface area (Å²) in [6.45, 7) is 4.75. The normalized spacial score (nSPS) is 14.4. The van der Waals surface area contributed by atoms with Crippen LogP contribution in [0.1, 0.15) is 38.3 Å². The van der Waals surface area contributed by atoms with E-state index in [0.717, 1.165) is 19.4 Å². The fourth-order valence-electron chi connectivity index (χ4n) is 1.87. The highest BCUT2D eigenvalue weighted by Crippen LogP contribution is 2.26. The van der Waals surface area contributed by atoms with Crippen LogP contribution in [-0.2, 0) is 0 Å². The molecule has 0 fully saturated rings. The van der Waals surface area contributed by atoms with E-state index < -0.39 is 0 Å². The highest BCUT2D eigenvalue weighted by atomic mass is 16.3. The number of aliphatic hydroxyl groups is 1. The Morgan fingerprint density at radius 3 is 2.59 bits per heavy atom. The fraction of sp³-hybridized carbons (Fsp3) is 0.571. The number of para-hydroxylation sites is 1. The number of rotatable bonds is 6. The number of nitrogens with zero attached hydrogens (tertiary/aromatic N) is 1. The molecule has 0 aromatic heterocycles. The van der Waals surface area contributed by atoms with E-state index in [4.69, 9.17) is 5.73 Å². The van der Waals surface area contributed by atoms with Crippen molar-refractivity contribution >= 4 is 5.69 Å². The van der Waals surface area contributed by atoms with Crippen molar-refractivity contribution < 1.29 is 5.11 Å². The average molecular weight is 236 g/mol. The van der Waals surface area contributed by atoms with Gasteiger partial charge >= 0.3 is 0 Å². The topological polar surface area (TPSA) is 49.5 Å². The minimum Gasteiger partial charge on any atom is -0.393 e. The first-order valence-corrected chi connectivity index (χ1v) is 6.30. The highest BCUT2D eigenvalue weighted by Gasteiger charge is 2.12. The van der Waals surface area contributed by atoms with Gasteiger partial charge in [-0.25, -0.2) is 0 Å². The summed E-state index contributed by atoms with van der Waals surface area (Å²) >= 11 is 0. The molecule has 1 aromatic carbocycles. The van der Waals surface area contributed by atoms with Gasteiger partial charge in [-0.2, -0.15) is 0 Å². The van der Waals surface area contributed by atoms with E-state index in [2.05, 4.69) is 24.0 Å². The van der Waals surface area contributed by atoms with Gasteiger partial charge in [0.1, 0.15) is 0 Å². The standard InChI is InChI=1S/C14H24N2O/c1-4-13(15)12-7-5-6-8-14(12)16(3)10-9-11(2)17/h5-8,11,13,17H,4,9-10,15H2,1-3H3. The summed E-state index contributed by atoms with van der Waals surface area (Å²) in [5.74, 6) is 0. The lowest BCUT2D eigenvalue weighted by molar-refractivity contribution is 0.187. The molecule has 0 heterocycles. The van der Waals surface area contributed by atoms with E-state index in [1.807, 2.05) is 26.1 Å². The molecule has 3 nitrogen and oxygen atoms in total. The minimum atomic E-state index is -0.260. The average Bonchev–Trinajstić information content (AvgIpc) is 2.34. The Kier molecular flexibility index (Phi) is 5.45. The van der Waals surface area contributed by atoms with Crippen LogP contribution in [0.2, 0.25) is 0 Å². The van der Waals surface area contributed by atoms with Gasteiger partial charge < -0.3 is 15.7 Å². The van der Waals surface area contributed by atoms with E-state index in [-0.39, 0.29) is 12.1 Å². The molecule has 0 saturated carbocycles. The molecule has 0 aliphatic rings. The smallest absolute Gasteiger partial charge is 0.0528 e. The third kappa shape index (κ3) is 4.02. The maximum absolute atomic E-state index is 9.32. The van der Waals surface area contributed by atoms with Gasteiger partial charge in [-0.15, -0.1) is 0 Å². The second-order valence-corrected chi connectivity index (χ2v) is 4.63. The van der Waals surface area contributed by atoms with Crippen molar-refractivity contribution in [1.29, 1.82) is 0 Å². The first-order chi connectivity index (χ1) is 8.06. The van der Waals surface area contributed by atoms with Gasteiger partial charge in [0, 0.05) is 25.3 Å². The summed E-state index contributed by atoms with van der Waals surface area (Å²) in [4.78, 5) is 2.16. The predicted octanol–water partition coefficient (Wildman–Crippen LogP) is 2.30. The van der Waals surface area contributed by atoms with Crippen molar-refractivity contribution in [3.05, 3.63) is 29.8 Å². The first kappa shape index (κ1) is 14.0. The van der Waals surface area contributed by atoms with Crippen LogP contribution in [-0.4, -0.2) is 24.8 Å². The molecule has 0 amide bonds. The van der Waals surface area contributed by atoms with Crippen LogP contribution < -0.4 is 10.6 Å². The minimum absolute atomic E-state index is 0.0835. The SMILES string of the molecule is CCC(N)c1ccccc1N(C)CCC(C)O. The molecule has 0 radical (unpaired) electrons. The molecule has 96 valence electrons. The molecule has 3 heteroatoms. The van der Waals surface area contributed by atoms with Gasteiger partial charge in [-0.1, -0.05) is 25.1 Å². The van der Waals surface area contributed by atoms with Gasteiger partial charge in [-0.05, 0) is 31.4 Å². The van der Waals surface area contributed by atoms with Crippen molar-refractivity contribution in [3.63, 3.8) is 0 Å². The molecule has 3 N–H and O–H groups in total. The van der Waals surface area contributed by atoms with Crippen LogP contribution in [0, 0.1) is 0 Å². The van der Waals surface area contributed by atoms with Crippen LogP contribution in [0.5, 0.6) is 0 Å². The summed E-state index contributed by atoms with van der Waals surface area (Å²) in [6.07, 6.45) is 1.44. The zero-order valence-electron chi connectivity index (χ0n) is 11.1. The Morgan fingerprint density at radius 1 is 1.35 bits per heavy atom. The summed E-state index contributed by atoms with van der Waals surface area (Å²) < 4.78 is 0. The summed E-state index contributed by atoms with van der Waals surface area (Å²) in [5.41, 5.74) is 8.47. The Bertz CT molecular complexity index is 339. The lowest BCUT2D eigenvalue weighted by atomic mass is 10.0. The monoisotopic (exact) mass is 236 g/mol. The van der Waals surface area contributed by atoms with Crippen LogP contribution in [0.4, 0.5) is 5.69 Å². The molecule has 0 aliphatic carbocycles. The number of benzene rings is 1. The lowest BCUT2D eigenvalue weighted by Crippen LogP contribution is -2.24. The van der Waals surface area contributed by atoms with Gasteiger partial charge in [0.15, 0.2) is 0 Å². The van der Waals surface area contributed by atoms with Crippen molar-refractivity contribution in [1.82, 2.24) is 0 Å². The first-order valence-electron chi connectivity index (χ1n) is 6.30. The zero-order chi connectivity index (χ0) is 12.8. The Labute approximate surface area is 104 Å². The fourth-order valence-corrected chi connectivity index (χ4v) is 1.87. The Morgan fingerprint density at radius 2 is 2.00 bits per heavy atom. The maximum Gasteiger partial charge on any atom is 0.0528 e. The van der Waals surface area contributed by atoms with Crippen LogP contribution in [0.15, 0.2) is 24.3 Å². The molecule has 2 unspecified atom stereocenters. The van der Waals surface area contributed by atoms with Gasteiger partial charge in [0.2, 0.25) is 0 Å². The summed E-state index contributed by atoms with van der Waals surface area (Å²) in [6, 6.07) is 8.31. The van der Waals surface area contributed by atoms with E-state index in [1.165, 1.54) is 11.3 Å². The van der Waals surface area contributed by atoms with E-state index in [0.29, 0.717) is 0 Å². The van der Waals surface area contributed by atoms with Crippen molar-refractivity contribution in [2.75, 3.05) is 18.5 Å². The number of hydrogen-bond acceptors (Lipinski definition) is 3. The van der Waals surface area contributed by atoms with Crippen molar-refractivity contribution in [2.24, 2.45) is 5.73 Å². The quantitative estimate of drug-likeness (QED) is 0.797. The largest absolute Gasteiger partial charge is 0.393 e. The number of nitrogens with two attached hydrogens (primary N) is 1. The Hall–Kier alpha value is -1.06. The van der Waals surface area contributed by atoms with Crippen molar-refractivity contribution in [2.45, 2.75) is 38.8 Å². The molecule has 2 atom stereocenters. The molecule has 0 saturated heterocycles.